The number of aromatic amines is 1. The number of aryl methyl sites for hydroxylation is 1. The van der Waals surface area contributed by atoms with Crippen molar-refractivity contribution in [2.75, 3.05) is 13.6 Å². The van der Waals surface area contributed by atoms with Crippen LogP contribution in [0.5, 0.6) is 0 Å². The van der Waals surface area contributed by atoms with Crippen molar-refractivity contribution >= 4 is 11.0 Å². The van der Waals surface area contributed by atoms with E-state index in [1.165, 1.54) is 5.56 Å². The third-order valence-corrected chi connectivity index (χ3v) is 3.24. The van der Waals surface area contributed by atoms with Crippen LogP contribution in [0.3, 0.4) is 0 Å². The number of hydrogen-bond acceptors (Lipinski definition) is 3. The van der Waals surface area contributed by atoms with Gasteiger partial charge in [-0.15, -0.1) is 0 Å². The van der Waals surface area contributed by atoms with E-state index in [0.29, 0.717) is 0 Å². The van der Waals surface area contributed by atoms with Crippen molar-refractivity contribution in [3.05, 3.63) is 36.3 Å². The summed E-state index contributed by atoms with van der Waals surface area (Å²) in [6.07, 6.45) is 4.78. The van der Waals surface area contributed by atoms with Crippen LogP contribution >= 0.6 is 0 Å². The molecule has 0 atom stereocenters. The minimum Gasteiger partial charge on any atom is -0.345 e. The molecule has 3 rings (SSSR count). The highest BCUT2D eigenvalue weighted by molar-refractivity contribution is 5.81. The monoisotopic (exact) mass is 255 g/mol. The Kier molecular flexibility index (Phi) is 3.05. The number of rotatable bonds is 4. The van der Waals surface area contributed by atoms with Crippen LogP contribution in [-0.2, 0) is 13.5 Å². The van der Waals surface area contributed by atoms with E-state index in [0.717, 1.165) is 35.3 Å². The number of fused-ring (bicyclic) bond motifs is 1. The first-order valence-electron chi connectivity index (χ1n) is 6.38. The lowest BCUT2D eigenvalue weighted by Gasteiger charge is -2.02. The van der Waals surface area contributed by atoms with E-state index in [2.05, 4.69) is 38.7 Å². The minimum absolute atomic E-state index is 0.949. The summed E-state index contributed by atoms with van der Waals surface area (Å²) in [6, 6.07) is 6.21. The van der Waals surface area contributed by atoms with Crippen LogP contribution < -0.4 is 5.32 Å². The number of H-pyrrole nitrogens is 1. The second-order valence-corrected chi connectivity index (χ2v) is 4.66. The number of imidazole rings is 1. The molecule has 98 valence electrons. The maximum atomic E-state index is 4.58. The highest BCUT2D eigenvalue weighted by atomic mass is 15.3. The lowest BCUT2D eigenvalue weighted by molar-refractivity contribution is 0.765. The van der Waals surface area contributed by atoms with Crippen LogP contribution in [0, 0.1) is 0 Å². The number of nitrogens with one attached hydrogen (secondary N) is 2. The summed E-state index contributed by atoms with van der Waals surface area (Å²) in [5.74, 6) is 0. The molecule has 2 heterocycles. The SMILES string of the molecule is CNCCc1cn(C)nc1-c1ccc2nc[nH]c2c1. The smallest absolute Gasteiger partial charge is 0.0956 e. The van der Waals surface area contributed by atoms with Crippen molar-refractivity contribution in [2.45, 2.75) is 6.42 Å². The van der Waals surface area contributed by atoms with Gasteiger partial charge in [0.2, 0.25) is 0 Å². The number of likely N-dealkylation sites (N-methyl/N-ethyl adjacent to an activating group) is 1. The summed E-state index contributed by atoms with van der Waals surface area (Å²) in [5, 5.41) is 7.76. The van der Waals surface area contributed by atoms with Gasteiger partial charge in [0.25, 0.3) is 0 Å². The van der Waals surface area contributed by atoms with Crippen molar-refractivity contribution in [2.24, 2.45) is 7.05 Å². The number of hydrogen-bond donors (Lipinski definition) is 2. The summed E-state index contributed by atoms with van der Waals surface area (Å²) < 4.78 is 1.87. The van der Waals surface area contributed by atoms with Gasteiger partial charge in [0.05, 0.1) is 23.1 Å². The molecule has 0 spiro atoms. The molecule has 5 heteroatoms. The summed E-state index contributed by atoms with van der Waals surface area (Å²) >= 11 is 0. The number of nitrogens with zero attached hydrogens (tertiary/aromatic N) is 3. The molecule has 0 aliphatic carbocycles. The fourth-order valence-corrected chi connectivity index (χ4v) is 2.31. The van der Waals surface area contributed by atoms with Crippen molar-refractivity contribution in [3.8, 4) is 11.3 Å². The quantitative estimate of drug-likeness (QED) is 0.746. The van der Waals surface area contributed by atoms with Gasteiger partial charge in [0.15, 0.2) is 0 Å². The highest BCUT2D eigenvalue weighted by Gasteiger charge is 2.10. The molecule has 0 unspecified atom stereocenters. The Morgan fingerprint density at radius 1 is 1.37 bits per heavy atom. The normalized spacial score (nSPS) is 11.3. The second kappa shape index (κ2) is 4.85. The number of benzene rings is 1. The van der Waals surface area contributed by atoms with Gasteiger partial charge in [-0.3, -0.25) is 4.68 Å². The lowest BCUT2D eigenvalue weighted by Crippen LogP contribution is -2.10. The van der Waals surface area contributed by atoms with Gasteiger partial charge in [-0.1, -0.05) is 6.07 Å². The van der Waals surface area contributed by atoms with Crippen LogP contribution in [0.4, 0.5) is 0 Å². The summed E-state index contributed by atoms with van der Waals surface area (Å²) in [5.41, 5.74) is 5.47. The first-order valence-corrected chi connectivity index (χ1v) is 6.38. The Bertz CT molecular complexity index is 695. The Labute approximate surface area is 111 Å². The lowest BCUT2D eigenvalue weighted by atomic mass is 10.1. The molecule has 0 aliphatic rings. The average molecular weight is 255 g/mol. The molecule has 0 amide bonds. The molecule has 0 aliphatic heterocycles. The molecule has 2 N–H and O–H groups in total. The molecular weight excluding hydrogens is 238 g/mol. The predicted octanol–water partition coefficient (Wildman–Crippen LogP) is 1.73. The van der Waals surface area contributed by atoms with E-state index in [1.807, 2.05) is 24.8 Å². The molecule has 3 aromatic rings. The van der Waals surface area contributed by atoms with Gasteiger partial charge >= 0.3 is 0 Å². The zero-order valence-corrected chi connectivity index (χ0v) is 11.1. The Morgan fingerprint density at radius 2 is 2.26 bits per heavy atom. The summed E-state index contributed by atoms with van der Waals surface area (Å²) in [7, 11) is 3.92. The zero-order valence-electron chi connectivity index (χ0n) is 11.1. The fourth-order valence-electron chi connectivity index (χ4n) is 2.31. The van der Waals surface area contributed by atoms with Crippen LogP contribution in [0.25, 0.3) is 22.3 Å². The summed E-state index contributed by atoms with van der Waals surface area (Å²) in [4.78, 5) is 7.38. The van der Waals surface area contributed by atoms with E-state index in [1.54, 1.807) is 6.33 Å². The van der Waals surface area contributed by atoms with Gasteiger partial charge in [0, 0.05) is 18.8 Å². The summed E-state index contributed by atoms with van der Waals surface area (Å²) in [6.45, 7) is 0.949. The first kappa shape index (κ1) is 11.9. The van der Waals surface area contributed by atoms with Gasteiger partial charge in [-0.2, -0.15) is 5.10 Å². The van der Waals surface area contributed by atoms with E-state index in [-0.39, 0.29) is 0 Å². The molecule has 0 fully saturated rings. The van der Waals surface area contributed by atoms with Crippen LogP contribution in [-0.4, -0.2) is 33.3 Å². The van der Waals surface area contributed by atoms with Crippen molar-refractivity contribution in [3.63, 3.8) is 0 Å². The topological polar surface area (TPSA) is 58.5 Å². The standard InChI is InChI=1S/C14H17N5/c1-15-6-5-11-8-19(2)18-14(11)10-3-4-12-13(7-10)17-9-16-12/h3-4,7-9,15H,5-6H2,1-2H3,(H,16,17). The molecule has 19 heavy (non-hydrogen) atoms. The third kappa shape index (κ3) is 2.24. The molecule has 1 aromatic carbocycles. The fraction of sp³-hybridized carbons (Fsp3) is 0.286. The van der Waals surface area contributed by atoms with Crippen LogP contribution in [0.15, 0.2) is 30.7 Å². The second-order valence-electron chi connectivity index (χ2n) is 4.66. The van der Waals surface area contributed by atoms with Gasteiger partial charge in [-0.25, -0.2) is 4.98 Å². The first-order chi connectivity index (χ1) is 9.28. The maximum absolute atomic E-state index is 4.58. The van der Waals surface area contributed by atoms with Gasteiger partial charge < -0.3 is 10.3 Å². The Balaban J connectivity index is 2.04. The van der Waals surface area contributed by atoms with E-state index in [4.69, 9.17) is 0 Å². The van der Waals surface area contributed by atoms with E-state index >= 15 is 0 Å². The number of aromatic nitrogens is 4. The molecular formula is C14H17N5. The van der Waals surface area contributed by atoms with Crippen LogP contribution in [0.2, 0.25) is 0 Å². The highest BCUT2D eigenvalue weighted by Crippen LogP contribution is 2.24. The van der Waals surface area contributed by atoms with Gasteiger partial charge in [-0.05, 0) is 37.7 Å². The third-order valence-electron chi connectivity index (χ3n) is 3.24. The molecule has 0 radical (unpaired) electrons. The van der Waals surface area contributed by atoms with Crippen molar-refractivity contribution < 1.29 is 0 Å². The molecule has 0 bridgehead atoms. The zero-order chi connectivity index (χ0) is 13.2. The average Bonchev–Trinajstić information content (AvgIpc) is 3.01. The Morgan fingerprint density at radius 3 is 3.11 bits per heavy atom. The van der Waals surface area contributed by atoms with Crippen molar-refractivity contribution in [1.82, 2.24) is 25.1 Å². The van der Waals surface area contributed by atoms with E-state index < -0.39 is 0 Å². The van der Waals surface area contributed by atoms with Gasteiger partial charge in [0.1, 0.15) is 0 Å². The molecule has 5 nitrogen and oxygen atoms in total. The molecule has 0 saturated carbocycles. The maximum Gasteiger partial charge on any atom is 0.0956 e. The Hall–Kier alpha value is -2.14. The van der Waals surface area contributed by atoms with Crippen LogP contribution in [0.1, 0.15) is 5.56 Å². The molecule has 0 saturated heterocycles. The van der Waals surface area contributed by atoms with E-state index in [9.17, 15) is 0 Å². The molecule has 2 aromatic heterocycles. The predicted molar refractivity (Wildman–Crippen MR) is 75.9 cm³/mol. The minimum atomic E-state index is 0.949. The largest absolute Gasteiger partial charge is 0.345 e. The van der Waals surface area contributed by atoms with Crippen molar-refractivity contribution in [1.29, 1.82) is 0 Å².